The molecule has 156 valence electrons. The lowest BCUT2D eigenvalue weighted by atomic mass is 10.1. The molecule has 29 heavy (non-hydrogen) atoms. The van der Waals surface area contributed by atoms with Gasteiger partial charge in [-0.2, -0.15) is 0 Å². The lowest BCUT2D eigenvalue weighted by Gasteiger charge is -2.03. The van der Waals surface area contributed by atoms with Gasteiger partial charge in [-0.15, -0.1) is 0 Å². The van der Waals surface area contributed by atoms with Gasteiger partial charge < -0.3 is 19.7 Å². The highest BCUT2D eigenvalue weighted by Crippen LogP contribution is 2.22. The number of nitrogens with zero attached hydrogens (tertiary/aromatic N) is 2. The van der Waals surface area contributed by atoms with E-state index in [4.69, 9.17) is 9.47 Å². The number of phenols is 2. The van der Waals surface area contributed by atoms with Gasteiger partial charge in [-0.05, 0) is 49.2 Å². The van der Waals surface area contributed by atoms with Crippen molar-refractivity contribution >= 4 is 12.4 Å². The Bertz CT molecular complexity index is 751. The Morgan fingerprint density at radius 1 is 0.690 bits per heavy atom. The molecule has 0 saturated heterocycles. The Labute approximate surface area is 172 Å². The number of aliphatic imine (C=N–C) groups is 2. The zero-order chi connectivity index (χ0) is 20.9. The van der Waals surface area contributed by atoms with Gasteiger partial charge in [-0.25, -0.2) is 0 Å². The van der Waals surface area contributed by atoms with E-state index in [0.29, 0.717) is 22.6 Å². The Kier molecular flexibility index (Phi) is 9.55. The van der Waals surface area contributed by atoms with Gasteiger partial charge in [0, 0.05) is 36.6 Å². The molecule has 2 aromatic carbocycles. The summed E-state index contributed by atoms with van der Waals surface area (Å²) in [6, 6.07) is 10.2. The fraction of sp³-hybridized carbons (Fsp3) is 0.391. The normalized spacial score (nSPS) is 11.4. The summed E-state index contributed by atoms with van der Waals surface area (Å²) in [6.45, 7) is 1.48. The number of ether oxygens (including phenoxy) is 2. The largest absolute Gasteiger partial charge is 0.507 e. The van der Waals surface area contributed by atoms with Crippen LogP contribution >= 0.6 is 0 Å². The number of unbranched alkanes of at least 4 members (excludes halogenated alkanes) is 4. The second-order valence-corrected chi connectivity index (χ2v) is 6.69. The molecule has 0 radical (unpaired) electrons. The van der Waals surface area contributed by atoms with Crippen LogP contribution in [0, 0.1) is 0 Å². The summed E-state index contributed by atoms with van der Waals surface area (Å²) in [6.07, 6.45) is 8.79. The molecule has 0 aliphatic rings. The first-order valence-corrected chi connectivity index (χ1v) is 9.87. The van der Waals surface area contributed by atoms with Gasteiger partial charge in [-0.1, -0.05) is 19.3 Å². The Balaban J connectivity index is 1.57. The van der Waals surface area contributed by atoms with Crippen LogP contribution in [0.4, 0.5) is 0 Å². The van der Waals surface area contributed by atoms with Crippen LogP contribution in [-0.4, -0.2) is 50.0 Å². The van der Waals surface area contributed by atoms with Gasteiger partial charge in [0.1, 0.15) is 23.0 Å². The number of phenolic OH excluding ortho intramolecular Hbond substituents is 2. The molecule has 6 heteroatoms. The molecule has 0 aliphatic carbocycles. The molecule has 0 saturated carbocycles. The van der Waals surface area contributed by atoms with E-state index in [1.54, 1.807) is 63.0 Å². The molecule has 2 rings (SSSR count). The average Bonchev–Trinajstić information content (AvgIpc) is 2.74. The Hall–Kier alpha value is -3.02. The summed E-state index contributed by atoms with van der Waals surface area (Å²) in [5, 5.41) is 19.6. The second-order valence-electron chi connectivity index (χ2n) is 6.69. The first-order chi connectivity index (χ1) is 14.1. The standard InChI is InChI=1S/C23H30N2O4/c1-28-20-8-10-22(26)18(14-20)16-24-12-6-4-3-5-7-13-25-17-19-15-21(29-2)9-11-23(19)27/h8-11,14-17,26-27H,3-7,12-13H2,1-2H3. The SMILES string of the molecule is COc1ccc(O)c(C=NCCCCCCCN=Cc2cc(OC)ccc2O)c1. The lowest BCUT2D eigenvalue weighted by molar-refractivity contribution is 0.412. The molecule has 2 aromatic rings. The van der Waals surface area contributed by atoms with Gasteiger partial charge in [0.15, 0.2) is 0 Å². The molecule has 0 aliphatic heterocycles. The zero-order valence-corrected chi connectivity index (χ0v) is 17.2. The quantitative estimate of drug-likeness (QED) is 0.404. The molecule has 0 bridgehead atoms. The van der Waals surface area contributed by atoms with E-state index in [9.17, 15) is 10.2 Å². The third kappa shape index (κ3) is 7.86. The van der Waals surface area contributed by atoms with Crippen molar-refractivity contribution < 1.29 is 19.7 Å². The van der Waals surface area contributed by atoms with Crippen LogP contribution in [0.5, 0.6) is 23.0 Å². The number of rotatable bonds is 12. The summed E-state index contributed by atoms with van der Waals surface area (Å²) < 4.78 is 10.3. The van der Waals surface area contributed by atoms with Crippen molar-refractivity contribution in [2.45, 2.75) is 32.1 Å². The van der Waals surface area contributed by atoms with Crippen molar-refractivity contribution in [2.24, 2.45) is 9.98 Å². The number of hydrogen-bond donors (Lipinski definition) is 2. The van der Waals surface area contributed by atoms with Crippen molar-refractivity contribution in [3.8, 4) is 23.0 Å². The minimum absolute atomic E-state index is 0.206. The summed E-state index contributed by atoms with van der Waals surface area (Å²) >= 11 is 0. The summed E-state index contributed by atoms with van der Waals surface area (Å²) in [5.74, 6) is 1.82. The molecule has 0 aromatic heterocycles. The first-order valence-electron chi connectivity index (χ1n) is 9.87. The lowest BCUT2D eigenvalue weighted by Crippen LogP contribution is -1.90. The van der Waals surface area contributed by atoms with Crippen LogP contribution in [0.1, 0.15) is 43.2 Å². The second kappa shape index (κ2) is 12.4. The molecule has 0 heterocycles. The monoisotopic (exact) mass is 398 g/mol. The molecule has 0 fully saturated rings. The van der Waals surface area contributed by atoms with Crippen molar-refractivity contribution in [2.75, 3.05) is 27.3 Å². The maximum atomic E-state index is 9.81. The highest BCUT2D eigenvalue weighted by molar-refractivity contribution is 5.84. The minimum Gasteiger partial charge on any atom is -0.507 e. The number of hydrogen-bond acceptors (Lipinski definition) is 6. The summed E-state index contributed by atoms with van der Waals surface area (Å²) in [7, 11) is 3.20. The van der Waals surface area contributed by atoms with Gasteiger partial charge in [0.2, 0.25) is 0 Å². The molecular weight excluding hydrogens is 368 g/mol. The molecule has 2 N–H and O–H groups in total. The van der Waals surface area contributed by atoms with Crippen molar-refractivity contribution in [3.05, 3.63) is 47.5 Å². The van der Waals surface area contributed by atoms with Crippen molar-refractivity contribution in [1.82, 2.24) is 0 Å². The van der Waals surface area contributed by atoms with Gasteiger partial charge in [-0.3, -0.25) is 9.98 Å². The Morgan fingerprint density at radius 2 is 1.10 bits per heavy atom. The molecular formula is C23H30N2O4. The van der Waals surface area contributed by atoms with Crippen molar-refractivity contribution in [1.29, 1.82) is 0 Å². The van der Waals surface area contributed by atoms with E-state index in [0.717, 1.165) is 45.2 Å². The van der Waals surface area contributed by atoms with Crippen LogP contribution < -0.4 is 9.47 Å². The highest BCUT2D eigenvalue weighted by Gasteiger charge is 2.01. The fourth-order valence-corrected chi connectivity index (χ4v) is 2.79. The van der Waals surface area contributed by atoms with Crippen LogP contribution in [-0.2, 0) is 0 Å². The molecule has 6 nitrogen and oxygen atoms in total. The van der Waals surface area contributed by atoms with Crippen LogP contribution in [0.15, 0.2) is 46.4 Å². The summed E-state index contributed by atoms with van der Waals surface area (Å²) in [5.41, 5.74) is 1.34. The molecule has 0 amide bonds. The molecule has 0 atom stereocenters. The van der Waals surface area contributed by atoms with E-state index >= 15 is 0 Å². The van der Waals surface area contributed by atoms with E-state index in [1.807, 2.05) is 0 Å². The van der Waals surface area contributed by atoms with Crippen LogP contribution in [0.3, 0.4) is 0 Å². The van der Waals surface area contributed by atoms with E-state index < -0.39 is 0 Å². The van der Waals surface area contributed by atoms with Gasteiger partial charge in [0.25, 0.3) is 0 Å². The fourth-order valence-electron chi connectivity index (χ4n) is 2.79. The number of methoxy groups -OCH3 is 2. The van der Waals surface area contributed by atoms with Gasteiger partial charge >= 0.3 is 0 Å². The third-order valence-electron chi connectivity index (χ3n) is 4.50. The maximum Gasteiger partial charge on any atom is 0.124 e. The smallest absolute Gasteiger partial charge is 0.124 e. The van der Waals surface area contributed by atoms with E-state index in [-0.39, 0.29) is 11.5 Å². The number of benzene rings is 2. The highest BCUT2D eigenvalue weighted by atomic mass is 16.5. The predicted octanol–water partition coefficient (Wildman–Crippen LogP) is 4.60. The minimum atomic E-state index is 0.206. The molecule has 0 spiro atoms. The van der Waals surface area contributed by atoms with E-state index in [1.165, 1.54) is 0 Å². The number of aromatic hydroxyl groups is 2. The maximum absolute atomic E-state index is 9.81. The Morgan fingerprint density at radius 3 is 1.52 bits per heavy atom. The van der Waals surface area contributed by atoms with Crippen LogP contribution in [0.25, 0.3) is 0 Å². The third-order valence-corrected chi connectivity index (χ3v) is 4.50. The average molecular weight is 399 g/mol. The first kappa shape index (κ1) is 22.3. The zero-order valence-electron chi connectivity index (χ0n) is 17.2. The summed E-state index contributed by atoms with van der Waals surface area (Å²) in [4.78, 5) is 8.77. The molecule has 0 unspecified atom stereocenters. The van der Waals surface area contributed by atoms with Crippen LogP contribution in [0.2, 0.25) is 0 Å². The van der Waals surface area contributed by atoms with Gasteiger partial charge in [0.05, 0.1) is 14.2 Å². The van der Waals surface area contributed by atoms with Crippen molar-refractivity contribution in [3.63, 3.8) is 0 Å². The predicted molar refractivity (Wildman–Crippen MR) is 117 cm³/mol. The topological polar surface area (TPSA) is 83.6 Å². The van der Waals surface area contributed by atoms with E-state index in [2.05, 4.69) is 9.98 Å².